The lowest BCUT2D eigenvalue weighted by Gasteiger charge is -2.27. The predicted molar refractivity (Wildman–Crippen MR) is 65.6 cm³/mol. The van der Waals surface area contributed by atoms with Gasteiger partial charge < -0.3 is 10.6 Å². The minimum atomic E-state index is 0.220. The molecule has 92 valence electrons. The van der Waals surface area contributed by atoms with Crippen LogP contribution in [0.1, 0.15) is 39.0 Å². The SMILES string of the molecule is CC1(CCC#N)CCCN(/C(N)=N/C#N)CC1. The number of aliphatic imine (C=N–C) groups is 1. The summed E-state index contributed by atoms with van der Waals surface area (Å²) < 4.78 is 0. The summed E-state index contributed by atoms with van der Waals surface area (Å²) in [5.41, 5.74) is 5.94. The third-order valence-corrected chi connectivity index (χ3v) is 3.52. The van der Waals surface area contributed by atoms with Crippen molar-refractivity contribution in [2.45, 2.75) is 39.0 Å². The minimum Gasteiger partial charge on any atom is -0.369 e. The second kappa shape index (κ2) is 6.10. The van der Waals surface area contributed by atoms with Crippen molar-refractivity contribution in [3.63, 3.8) is 0 Å². The zero-order chi connectivity index (χ0) is 12.7. The van der Waals surface area contributed by atoms with Gasteiger partial charge in [-0.1, -0.05) is 6.92 Å². The van der Waals surface area contributed by atoms with Gasteiger partial charge in [-0.25, -0.2) is 0 Å². The van der Waals surface area contributed by atoms with Crippen molar-refractivity contribution in [1.29, 1.82) is 10.5 Å². The third kappa shape index (κ3) is 3.96. The molecule has 0 amide bonds. The summed E-state index contributed by atoms with van der Waals surface area (Å²) in [5, 5.41) is 17.1. The van der Waals surface area contributed by atoms with Crippen molar-refractivity contribution < 1.29 is 0 Å². The van der Waals surface area contributed by atoms with Gasteiger partial charge in [0.05, 0.1) is 6.07 Å². The van der Waals surface area contributed by atoms with Crippen LogP contribution in [0.5, 0.6) is 0 Å². The standard InChI is InChI=1S/C12H19N5/c1-12(4-2-7-13)5-3-8-17(9-6-12)11(15)16-10-14/h2-6,8-9H2,1H3,(H2,15,16). The molecule has 1 unspecified atom stereocenters. The predicted octanol–water partition coefficient (Wildman–Crippen LogP) is 1.58. The fourth-order valence-electron chi connectivity index (χ4n) is 2.30. The van der Waals surface area contributed by atoms with E-state index in [1.165, 1.54) is 0 Å². The molecule has 17 heavy (non-hydrogen) atoms. The number of rotatable bonds is 2. The first-order valence-corrected chi connectivity index (χ1v) is 5.95. The van der Waals surface area contributed by atoms with Gasteiger partial charge in [-0.2, -0.15) is 10.5 Å². The number of nitrogens with two attached hydrogens (primary N) is 1. The molecule has 1 saturated heterocycles. The quantitative estimate of drug-likeness (QED) is 0.445. The second-order valence-electron chi connectivity index (χ2n) is 4.88. The van der Waals surface area contributed by atoms with Crippen molar-refractivity contribution in [2.24, 2.45) is 16.1 Å². The molecular weight excluding hydrogens is 214 g/mol. The van der Waals surface area contributed by atoms with Crippen LogP contribution in [0.3, 0.4) is 0 Å². The number of nitrogens with zero attached hydrogens (tertiary/aromatic N) is 4. The summed E-state index contributed by atoms with van der Waals surface area (Å²) in [6, 6.07) is 2.21. The van der Waals surface area contributed by atoms with Crippen molar-refractivity contribution in [1.82, 2.24) is 4.90 Å². The van der Waals surface area contributed by atoms with E-state index in [0.717, 1.165) is 38.8 Å². The van der Waals surface area contributed by atoms with Gasteiger partial charge >= 0.3 is 0 Å². The molecule has 0 aromatic heterocycles. The Morgan fingerprint density at radius 3 is 2.82 bits per heavy atom. The normalized spacial score (nSPS) is 25.8. The lowest BCUT2D eigenvalue weighted by molar-refractivity contribution is 0.259. The number of guanidine groups is 1. The summed E-state index contributed by atoms with van der Waals surface area (Å²) in [7, 11) is 0. The van der Waals surface area contributed by atoms with Crippen molar-refractivity contribution in [3.8, 4) is 12.3 Å². The Kier molecular flexibility index (Phi) is 4.78. The van der Waals surface area contributed by atoms with Crippen molar-refractivity contribution >= 4 is 5.96 Å². The average Bonchev–Trinajstić information content (AvgIpc) is 2.50. The van der Waals surface area contributed by atoms with Crippen LogP contribution < -0.4 is 5.73 Å². The molecule has 5 heteroatoms. The molecule has 1 atom stereocenters. The van der Waals surface area contributed by atoms with Crippen LogP contribution in [-0.4, -0.2) is 23.9 Å². The van der Waals surface area contributed by atoms with Gasteiger partial charge in [0.25, 0.3) is 0 Å². The first kappa shape index (κ1) is 13.3. The average molecular weight is 233 g/mol. The van der Waals surface area contributed by atoms with E-state index in [1.54, 1.807) is 6.19 Å². The highest BCUT2D eigenvalue weighted by molar-refractivity contribution is 5.78. The third-order valence-electron chi connectivity index (χ3n) is 3.52. The number of likely N-dealkylation sites (tertiary alicyclic amines) is 1. The molecular formula is C12H19N5. The fraction of sp³-hybridized carbons (Fsp3) is 0.750. The van der Waals surface area contributed by atoms with Gasteiger partial charge in [0, 0.05) is 19.5 Å². The zero-order valence-corrected chi connectivity index (χ0v) is 10.3. The number of hydrogen-bond acceptors (Lipinski definition) is 3. The van der Waals surface area contributed by atoms with Crippen LogP contribution in [0.4, 0.5) is 0 Å². The smallest absolute Gasteiger partial charge is 0.209 e. The molecule has 1 fully saturated rings. The number of nitriles is 2. The van der Waals surface area contributed by atoms with Gasteiger partial charge in [-0.05, 0) is 31.1 Å². The molecule has 0 aliphatic carbocycles. The minimum absolute atomic E-state index is 0.220. The lowest BCUT2D eigenvalue weighted by Crippen LogP contribution is -2.38. The summed E-state index contributed by atoms with van der Waals surface area (Å²) in [5.74, 6) is 0.317. The van der Waals surface area contributed by atoms with Crippen LogP contribution in [-0.2, 0) is 0 Å². The topological polar surface area (TPSA) is 89.2 Å². The lowest BCUT2D eigenvalue weighted by atomic mass is 9.79. The van der Waals surface area contributed by atoms with Crippen LogP contribution in [0.15, 0.2) is 4.99 Å². The summed E-state index contributed by atoms with van der Waals surface area (Å²) in [6.07, 6.45) is 6.39. The van der Waals surface area contributed by atoms with Gasteiger partial charge in [-0.15, -0.1) is 4.99 Å². The highest BCUT2D eigenvalue weighted by atomic mass is 15.2. The second-order valence-corrected chi connectivity index (χ2v) is 4.88. The molecule has 0 aromatic carbocycles. The molecule has 2 N–H and O–H groups in total. The van der Waals surface area contributed by atoms with Crippen LogP contribution >= 0.6 is 0 Å². The molecule has 1 aliphatic heterocycles. The van der Waals surface area contributed by atoms with E-state index in [0.29, 0.717) is 12.4 Å². The summed E-state index contributed by atoms with van der Waals surface area (Å²) in [4.78, 5) is 5.53. The maximum atomic E-state index is 8.66. The Morgan fingerprint density at radius 2 is 2.18 bits per heavy atom. The van der Waals surface area contributed by atoms with Crippen LogP contribution in [0.25, 0.3) is 0 Å². The van der Waals surface area contributed by atoms with Crippen molar-refractivity contribution in [3.05, 3.63) is 0 Å². The Morgan fingerprint density at radius 1 is 1.41 bits per heavy atom. The van der Waals surface area contributed by atoms with Crippen molar-refractivity contribution in [2.75, 3.05) is 13.1 Å². The fourth-order valence-corrected chi connectivity index (χ4v) is 2.30. The zero-order valence-electron chi connectivity index (χ0n) is 10.3. The monoisotopic (exact) mass is 233 g/mol. The highest BCUT2D eigenvalue weighted by Crippen LogP contribution is 2.35. The van der Waals surface area contributed by atoms with Gasteiger partial charge in [0.2, 0.25) is 12.2 Å². The molecule has 0 aromatic rings. The van der Waals surface area contributed by atoms with E-state index in [4.69, 9.17) is 16.3 Å². The van der Waals surface area contributed by atoms with Gasteiger partial charge in [0.15, 0.2) is 0 Å². The molecule has 0 radical (unpaired) electrons. The van der Waals surface area contributed by atoms with Crippen LogP contribution in [0.2, 0.25) is 0 Å². The molecule has 1 heterocycles. The molecule has 1 rings (SSSR count). The van der Waals surface area contributed by atoms with E-state index in [1.807, 2.05) is 4.90 Å². The molecule has 0 bridgehead atoms. The van der Waals surface area contributed by atoms with E-state index >= 15 is 0 Å². The Labute approximate surface area is 103 Å². The Balaban J connectivity index is 2.59. The van der Waals surface area contributed by atoms with Gasteiger partial charge in [0.1, 0.15) is 0 Å². The maximum absolute atomic E-state index is 8.66. The Hall–Kier alpha value is -1.75. The molecule has 1 aliphatic rings. The van der Waals surface area contributed by atoms with E-state index in [2.05, 4.69) is 18.0 Å². The van der Waals surface area contributed by atoms with Crippen LogP contribution in [0, 0.1) is 28.2 Å². The first-order valence-electron chi connectivity index (χ1n) is 5.95. The van der Waals surface area contributed by atoms with E-state index in [-0.39, 0.29) is 5.41 Å². The molecule has 0 spiro atoms. The van der Waals surface area contributed by atoms with Gasteiger partial charge in [-0.3, -0.25) is 0 Å². The maximum Gasteiger partial charge on any atom is 0.209 e. The Bertz CT molecular complexity index is 362. The molecule has 0 saturated carbocycles. The van der Waals surface area contributed by atoms with E-state index in [9.17, 15) is 0 Å². The van der Waals surface area contributed by atoms with E-state index < -0.39 is 0 Å². The summed E-state index contributed by atoms with van der Waals surface area (Å²) in [6.45, 7) is 3.89. The summed E-state index contributed by atoms with van der Waals surface area (Å²) >= 11 is 0. The first-order chi connectivity index (χ1) is 8.11. The molecule has 5 nitrogen and oxygen atoms in total. The largest absolute Gasteiger partial charge is 0.369 e. The highest BCUT2D eigenvalue weighted by Gasteiger charge is 2.27. The number of hydrogen-bond donors (Lipinski definition) is 1.